The van der Waals surface area contributed by atoms with Gasteiger partial charge in [0.15, 0.2) is 0 Å². The topological polar surface area (TPSA) is 63.2 Å². The predicted octanol–water partition coefficient (Wildman–Crippen LogP) is 0.337. The summed E-state index contributed by atoms with van der Waals surface area (Å²) in [4.78, 5) is 11.3. The fraction of sp³-hybridized carbons (Fsp3) is 0.889. The first-order chi connectivity index (χ1) is 6.56. The Morgan fingerprint density at radius 3 is 2.71 bits per heavy atom. The molecule has 1 unspecified atom stereocenters. The van der Waals surface area contributed by atoms with Crippen molar-refractivity contribution in [1.82, 2.24) is 5.32 Å². The van der Waals surface area contributed by atoms with Gasteiger partial charge < -0.3 is 5.32 Å². The average molecular weight is 219 g/mol. The van der Waals surface area contributed by atoms with E-state index < -0.39 is 15.0 Å². The normalized spacial score (nSPS) is 23.4. The molecule has 0 aliphatic carbocycles. The minimum atomic E-state index is -3.46. The lowest BCUT2D eigenvalue weighted by Gasteiger charge is -2.21. The number of nitrogens with one attached hydrogen (secondary N) is 1. The molecule has 1 fully saturated rings. The van der Waals surface area contributed by atoms with Crippen LogP contribution in [0.3, 0.4) is 0 Å². The molecule has 1 aliphatic rings. The number of carbonyl (C=O) groups is 1. The molecule has 1 rings (SSSR count). The first-order valence-electron chi connectivity index (χ1n) is 5.02. The Balaban J connectivity index is 2.47. The number of carbonyl (C=O) groups excluding carboxylic acids is 1. The maximum absolute atomic E-state index is 11.3. The summed E-state index contributed by atoms with van der Waals surface area (Å²) in [5.74, 6) is 0.129. The van der Waals surface area contributed by atoms with E-state index in [1.54, 1.807) is 0 Å². The smallest absolute Gasteiger partial charge is 0.246 e. The molecule has 0 radical (unpaired) electrons. The number of hydrogen-bond acceptors (Lipinski definition) is 4. The van der Waals surface area contributed by atoms with Gasteiger partial charge in [0.25, 0.3) is 0 Å². The van der Waals surface area contributed by atoms with Gasteiger partial charge in [-0.3, -0.25) is 4.79 Å². The minimum Gasteiger partial charge on any atom is -0.316 e. The van der Waals surface area contributed by atoms with Crippen molar-refractivity contribution < 1.29 is 13.2 Å². The number of hydrogen-bond donors (Lipinski definition) is 1. The van der Waals surface area contributed by atoms with Crippen molar-refractivity contribution in [3.8, 4) is 0 Å². The van der Waals surface area contributed by atoms with Gasteiger partial charge >= 0.3 is 0 Å². The lowest BCUT2D eigenvalue weighted by molar-refractivity contribution is -0.112. The molecule has 1 aliphatic heterocycles. The van der Waals surface area contributed by atoms with Gasteiger partial charge in [-0.2, -0.15) is 0 Å². The van der Waals surface area contributed by atoms with E-state index in [0.717, 1.165) is 25.9 Å². The Morgan fingerprint density at radius 2 is 2.21 bits per heavy atom. The van der Waals surface area contributed by atoms with Crippen molar-refractivity contribution in [2.24, 2.45) is 5.92 Å². The molecule has 1 saturated heterocycles. The Bertz CT molecular complexity index is 291. The largest absolute Gasteiger partial charge is 0.316 e. The highest BCUT2D eigenvalue weighted by atomic mass is 32.2. The van der Waals surface area contributed by atoms with Crippen LogP contribution in [0.1, 0.15) is 26.2 Å². The molecule has 4 nitrogen and oxygen atoms in total. The van der Waals surface area contributed by atoms with Crippen LogP contribution in [-0.2, 0) is 14.6 Å². The summed E-state index contributed by atoms with van der Waals surface area (Å²) in [6.07, 6.45) is 2.17. The van der Waals surface area contributed by atoms with Gasteiger partial charge in [-0.05, 0) is 31.8 Å². The molecule has 1 N–H and O–H groups in total. The number of sulfone groups is 1. The molecule has 0 aromatic carbocycles. The summed E-state index contributed by atoms with van der Waals surface area (Å²) in [5, 5.41) is 2.57. The second-order valence-corrected chi connectivity index (χ2v) is 5.95. The molecule has 5 heteroatoms. The zero-order valence-corrected chi connectivity index (χ0v) is 9.27. The van der Waals surface area contributed by atoms with E-state index in [4.69, 9.17) is 0 Å². The summed E-state index contributed by atoms with van der Waals surface area (Å²) in [7, 11) is -3.46. The van der Waals surface area contributed by atoms with Crippen molar-refractivity contribution in [1.29, 1.82) is 0 Å². The molecule has 1 atom stereocenters. The maximum Gasteiger partial charge on any atom is 0.246 e. The standard InChI is InChI=1S/C9H17NO3S/c1-2-14(12,13)9(11)6-8-4-3-5-10-7-8/h8,10H,2-7H2,1H3. The Labute approximate surface area is 85.0 Å². The highest BCUT2D eigenvalue weighted by Gasteiger charge is 2.24. The molecule has 0 aromatic heterocycles. The molecule has 0 spiro atoms. The molecular weight excluding hydrogens is 202 g/mol. The minimum absolute atomic E-state index is 0.0774. The molecular formula is C9H17NO3S. The van der Waals surface area contributed by atoms with Crippen molar-refractivity contribution >= 4 is 15.0 Å². The summed E-state index contributed by atoms with van der Waals surface area (Å²) in [6, 6.07) is 0. The van der Waals surface area contributed by atoms with Crippen molar-refractivity contribution in [3.05, 3.63) is 0 Å². The number of piperidine rings is 1. The summed E-state index contributed by atoms with van der Waals surface area (Å²) in [5.41, 5.74) is 0. The fourth-order valence-electron chi connectivity index (χ4n) is 1.62. The van der Waals surface area contributed by atoms with Gasteiger partial charge in [-0.15, -0.1) is 0 Å². The molecule has 0 aromatic rings. The van der Waals surface area contributed by atoms with E-state index in [2.05, 4.69) is 5.32 Å². The quantitative estimate of drug-likeness (QED) is 0.743. The third-order valence-electron chi connectivity index (χ3n) is 2.58. The fourth-order valence-corrected chi connectivity index (χ4v) is 2.43. The second kappa shape index (κ2) is 4.89. The second-order valence-electron chi connectivity index (χ2n) is 3.69. The van der Waals surface area contributed by atoms with Crippen molar-refractivity contribution in [2.45, 2.75) is 26.2 Å². The Hall–Kier alpha value is -0.420. The highest BCUT2D eigenvalue weighted by Crippen LogP contribution is 2.15. The SMILES string of the molecule is CCS(=O)(=O)C(=O)CC1CCCNC1. The average Bonchev–Trinajstić information content (AvgIpc) is 2.19. The van der Waals surface area contributed by atoms with Gasteiger partial charge in [0.05, 0.1) is 5.75 Å². The van der Waals surface area contributed by atoms with Crippen LogP contribution in [0.25, 0.3) is 0 Å². The zero-order valence-electron chi connectivity index (χ0n) is 8.45. The van der Waals surface area contributed by atoms with Crippen LogP contribution in [0, 0.1) is 5.92 Å². The number of rotatable bonds is 3. The van der Waals surface area contributed by atoms with E-state index in [1.165, 1.54) is 6.92 Å². The van der Waals surface area contributed by atoms with Crippen LogP contribution >= 0.6 is 0 Å². The van der Waals surface area contributed by atoms with E-state index in [0.29, 0.717) is 0 Å². The molecule has 1 heterocycles. The maximum atomic E-state index is 11.3. The predicted molar refractivity (Wildman–Crippen MR) is 54.7 cm³/mol. The van der Waals surface area contributed by atoms with E-state index in [1.807, 2.05) is 0 Å². The van der Waals surface area contributed by atoms with E-state index in [9.17, 15) is 13.2 Å². The van der Waals surface area contributed by atoms with Crippen LogP contribution in [0.2, 0.25) is 0 Å². The summed E-state index contributed by atoms with van der Waals surface area (Å²) < 4.78 is 22.4. The van der Waals surface area contributed by atoms with Crippen LogP contribution in [0.4, 0.5) is 0 Å². The molecule has 14 heavy (non-hydrogen) atoms. The van der Waals surface area contributed by atoms with Gasteiger partial charge in [0, 0.05) is 6.42 Å². The van der Waals surface area contributed by atoms with Crippen LogP contribution < -0.4 is 5.32 Å². The summed E-state index contributed by atoms with van der Waals surface area (Å²) in [6.45, 7) is 3.25. The van der Waals surface area contributed by atoms with Gasteiger partial charge in [0.2, 0.25) is 15.0 Å². The van der Waals surface area contributed by atoms with Gasteiger partial charge in [0.1, 0.15) is 0 Å². The molecule has 0 amide bonds. The van der Waals surface area contributed by atoms with E-state index in [-0.39, 0.29) is 18.1 Å². The first kappa shape index (κ1) is 11.7. The van der Waals surface area contributed by atoms with Gasteiger partial charge in [-0.1, -0.05) is 6.92 Å². The lowest BCUT2D eigenvalue weighted by atomic mass is 9.97. The van der Waals surface area contributed by atoms with Crippen molar-refractivity contribution in [3.63, 3.8) is 0 Å². The first-order valence-corrected chi connectivity index (χ1v) is 6.68. The lowest BCUT2D eigenvalue weighted by Crippen LogP contribution is -2.32. The zero-order chi connectivity index (χ0) is 10.6. The molecule has 82 valence electrons. The monoisotopic (exact) mass is 219 g/mol. The third-order valence-corrected chi connectivity index (χ3v) is 4.20. The summed E-state index contributed by atoms with van der Waals surface area (Å²) >= 11 is 0. The molecule has 0 saturated carbocycles. The molecule has 0 bridgehead atoms. The van der Waals surface area contributed by atoms with Crippen LogP contribution in [0.5, 0.6) is 0 Å². The van der Waals surface area contributed by atoms with Crippen LogP contribution in [0.15, 0.2) is 0 Å². The van der Waals surface area contributed by atoms with E-state index >= 15 is 0 Å². The van der Waals surface area contributed by atoms with Crippen molar-refractivity contribution in [2.75, 3.05) is 18.8 Å². The Kier molecular flexibility index (Phi) is 4.07. The van der Waals surface area contributed by atoms with Gasteiger partial charge in [-0.25, -0.2) is 8.42 Å². The third kappa shape index (κ3) is 3.06. The van der Waals surface area contributed by atoms with Crippen LogP contribution in [-0.4, -0.2) is 32.4 Å². The Morgan fingerprint density at radius 1 is 1.50 bits per heavy atom. The highest BCUT2D eigenvalue weighted by molar-refractivity contribution is 8.06.